The molecule has 0 saturated heterocycles. The van der Waals surface area contributed by atoms with Gasteiger partial charge in [-0.2, -0.15) is 5.10 Å². The lowest BCUT2D eigenvalue weighted by Gasteiger charge is -2.22. The third kappa shape index (κ3) is 4.48. The Morgan fingerprint density at radius 2 is 2.05 bits per heavy atom. The molecule has 2 N–H and O–H groups in total. The summed E-state index contributed by atoms with van der Waals surface area (Å²) in [4.78, 5) is 24.0. The zero-order valence-electron chi connectivity index (χ0n) is 10.6. The molecule has 5 nitrogen and oxygen atoms in total. The molecule has 0 aliphatic heterocycles. The molecule has 0 unspecified atom stereocenters. The van der Waals surface area contributed by atoms with Crippen LogP contribution in [0.4, 0.5) is 0 Å². The number of carbonyl (C=O) groups excluding carboxylic acids is 2. The number of nitrogens with one attached hydrogen (secondary N) is 2. The van der Waals surface area contributed by atoms with E-state index in [2.05, 4.69) is 15.8 Å². The molecule has 0 radical (unpaired) electrons. The van der Waals surface area contributed by atoms with Crippen molar-refractivity contribution in [1.29, 1.82) is 0 Å². The fourth-order valence-corrected chi connectivity index (χ4v) is 2.65. The van der Waals surface area contributed by atoms with Crippen LogP contribution in [0.2, 0.25) is 0 Å². The molecule has 2 amide bonds. The maximum Gasteiger partial charge on any atom is 0.329 e. The maximum absolute atomic E-state index is 11.6. The minimum absolute atomic E-state index is 0.133. The fourth-order valence-electron chi connectivity index (χ4n) is 2.07. The van der Waals surface area contributed by atoms with Crippen LogP contribution in [0, 0.1) is 0 Å². The van der Waals surface area contributed by atoms with Crippen molar-refractivity contribution >= 4 is 29.4 Å². The largest absolute Gasteiger partial charge is 0.345 e. The van der Waals surface area contributed by atoms with Gasteiger partial charge in [-0.3, -0.25) is 9.59 Å². The second-order valence-electron chi connectivity index (χ2n) is 4.52. The average Bonchev–Trinajstić information content (AvgIpc) is 2.93. The van der Waals surface area contributed by atoms with Crippen molar-refractivity contribution in [3.63, 3.8) is 0 Å². The molecule has 19 heavy (non-hydrogen) atoms. The van der Waals surface area contributed by atoms with Crippen LogP contribution in [0.3, 0.4) is 0 Å². The first kappa shape index (κ1) is 13.7. The summed E-state index contributed by atoms with van der Waals surface area (Å²) in [6.07, 6.45) is 6.88. The van der Waals surface area contributed by atoms with Crippen LogP contribution in [0.25, 0.3) is 0 Å². The van der Waals surface area contributed by atoms with Gasteiger partial charge in [-0.15, -0.1) is 11.3 Å². The fraction of sp³-hybridized carbons (Fsp3) is 0.462. The summed E-state index contributed by atoms with van der Waals surface area (Å²) in [5.41, 5.74) is 2.24. The number of hydrogen-bond acceptors (Lipinski definition) is 4. The van der Waals surface area contributed by atoms with E-state index in [1.165, 1.54) is 24.0 Å². The number of amides is 2. The number of thiophene rings is 1. The summed E-state index contributed by atoms with van der Waals surface area (Å²) in [6.45, 7) is 0. The molecule has 1 aromatic rings. The van der Waals surface area contributed by atoms with Gasteiger partial charge in [0, 0.05) is 10.9 Å². The highest BCUT2D eigenvalue weighted by atomic mass is 32.1. The Labute approximate surface area is 116 Å². The first-order valence-corrected chi connectivity index (χ1v) is 7.31. The summed E-state index contributed by atoms with van der Waals surface area (Å²) in [7, 11) is 0. The second kappa shape index (κ2) is 7.04. The predicted octanol–water partition coefficient (Wildman–Crippen LogP) is 1.65. The zero-order chi connectivity index (χ0) is 13.5. The molecule has 6 heteroatoms. The Morgan fingerprint density at radius 3 is 2.74 bits per heavy atom. The Kier molecular flexibility index (Phi) is 5.09. The monoisotopic (exact) mass is 279 g/mol. The summed E-state index contributed by atoms with van der Waals surface area (Å²) < 4.78 is 0. The van der Waals surface area contributed by atoms with Gasteiger partial charge in [0.2, 0.25) is 0 Å². The van der Waals surface area contributed by atoms with E-state index in [0.717, 1.165) is 30.6 Å². The summed E-state index contributed by atoms with van der Waals surface area (Å²) in [6, 6.07) is 3.90. The van der Waals surface area contributed by atoms with Crippen LogP contribution >= 0.6 is 11.3 Å². The molecule has 1 heterocycles. The molecular formula is C13H17N3O2S. The van der Waals surface area contributed by atoms with Gasteiger partial charge >= 0.3 is 11.8 Å². The van der Waals surface area contributed by atoms with Crippen molar-refractivity contribution in [3.05, 3.63) is 22.4 Å². The lowest BCUT2D eigenvalue weighted by Crippen LogP contribution is -2.44. The Hall–Kier alpha value is -1.69. The van der Waals surface area contributed by atoms with Crippen LogP contribution < -0.4 is 10.7 Å². The van der Waals surface area contributed by atoms with Crippen LogP contribution in [0.5, 0.6) is 0 Å². The van der Waals surface area contributed by atoms with Gasteiger partial charge < -0.3 is 5.32 Å². The molecule has 0 atom stereocenters. The van der Waals surface area contributed by atoms with Crippen molar-refractivity contribution in [2.45, 2.75) is 38.1 Å². The average molecular weight is 279 g/mol. The van der Waals surface area contributed by atoms with Gasteiger partial charge in [-0.05, 0) is 24.3 Å². The number of hydrogen-bond donors (Lipinski definition) is 2. The molecule has 0 bridgehead atoms. The maximum atomic E-state index is 11.6. The van der Waals surface area contributed by atoms with E-state index in [1.54, 1.807) is 0 Å². The van der Waals surface area contributed by atoms with Crippen molar-refractivity contribution in [2.24, 2.45) is 5.10 Å². The quantitative estimate of drug-likeness (QED) is 0.502. The molecule has 2 rings (SSSR count). The van der Waals surface area contributed by atoms with E-state index < -0.39 is 11.8 Å². The van der Waals surface area contributed by atoms with E-state index in [4.69, 9.17) is 0 Å². The molecular weight excluding hydrogens is 262 g/mol. The van der Waals surface area contributed by atoms with Crippen LogP contribution in [-0.2, 0) is 9.59 Å². The van der Waals surface area contributed by atoms with Crippen molar-refractivity contribution in [2.75, 3.05) is 0 Å². The Bertz CT molecular complexity index is 450. The van der Waals surface area contributed by atoms with Crippen molar-refractivity contribution in [1.82, 2.24) is 10.7 Å². The van der Waals surface area contributed by atoms with Crippen LogP contribution in [-0.4, -0.2) is 24.1 Å². The van der Waals surface area contributed by atoms with E-state index in [0.29, 0.717) is 0 Å². The van der Waals surface area contributed by atoms with Crippen molar-refractivity contribution in [3.8, 4) is 0 Å². The molecule has 1 saturated carbocycles. The van der Waals surface area contributed by atoms with E-state index in [1.807, 2.05) is 17.5 Å². The van der Waals surface area contributed by atoms with E-state index in [9.17, 15) is 9.59 Å². The van der Waals surface area contributed by atoms with E-state index in [-0.39, 0.29) is 6.04 Å². The summed E-state index contributed by atoms with van der Waals surface area (Å²) in [5, 5.41) is 8.41. The smallest absolute Gasteiger partial charge is 0.329 e. The SMILES string of the molecule is O=C(N/N=C/c1cccs1)C(=O)NC1CCCCC1. The first-order chi connectivity index (χ1) is 9.25. The third-order valence-electron chi connectivity index (χ3n) is 3.05. The number of rotatable bonds is 3. The minimum atomic E-state index is -0.710. The number of nitrogens with zero attached hydrogens (tertiary/aromatic N) is 1. The van der Waals surface area contributed by atoms with Gasteiger partial charge in [-0.1, -0.05) is 25.3 Å². The van der Waals surface area contributed by atoms with Gasteiger partial charge in [0.15, 0.2) is 0 Å². The topological polar surface area (TPSA) is 70.6 Å². The van der Waals surface area contributed by atoms with Crippen molar-refractivity contribution < 1.29 is 9.59 Å². The highest BCUT2D eigenvalue weighted by molar-refractivity contribution is 7.11. The Morgan fingerprint density at radius 1 is 1.26 bits per heavy atom. The van der Waals surface area contributed by atoms with Gasteiger partial charge in [-0.25, -0.2) is 5.43 Å². The van der Waals surface area contributed by atoms with E-state index >= 15 is 0 Å². The molecule has 1 aliphatic rings. The third-order valence-corrected chi connectivity index (χ3v) is 3.85. The van der Waals surface area contributed by atoms with Gasteiger partial charge in [0.1, 0.15) is 0 Å². The molecule has 102 valence electrons. The molecule has 1 fully saturated rings. The number of hydrazone groups is 1. The van der Waals surface area contributed by atoms with Gasteiger partial charge in [0.05, 0.1) is 6.21 Å². The van der Waals surface area contributed by atoms with Crippen LogP contribution in [0.15, 0.2) is 22.6 Å². The molecule has 1 aliphatic carbocycles. The molecule has 0 aromatic carbocycles. The summed E-state index contributed by atoms with van der Waals surface area (Å²) >= 11 is 1.51. The Balaban J connectivity index is 1.74. The highest BCUT2D eigenvalue weighted by Gasteiger charge is 2.19. The lowest BCUT2D eigenvalue weighted by atomic mass is 9.95. The lowest BCUT2D eigenvalue weighted by molar-refractivity contribution is -0.139. The minimum Gasteiger partial charge on any atom is -0.345 e. The number of carbonyl (C=O) groups is 2. The second-order valence-corrected chi connectivity index (χ2v) is 5.50. The molecule has 0 spiro atoms. The zero-order valence-corrected chi connectivity index (χ0v) is 11.4. The first-order valence-electron chi connectivity index (χ1n) is 6.43. The highest BCUT2D eigenvalue weighted by Crippen LogP contribution is 2.17. The predicted molar refractivity (Wildman–Crippen MR) is 75.1 cm³/mol. The standard InChI is InChI=1S/C13H17N3O2S/c17-12(15-10-5-2-1-3-6-10)13(18)16-14-9-11-7-4-8-19-11/h4,7-10H,1-3,5-6H2,(H,15,17)(H,16,18)/b14-9+. The normalized spacial score (nSPS) is 16.4. The molecule has 1 aromatic heterocycles. The van der Waals surface area contributed by atoms with Crippen LogP contribution in [0.1, 0.15) is 37.0 Å². The summed E-state index contributed by atoms with van der Waals surface area (Å²) in [5.74, 6) is -1.31. The van der Waals surface area contributed by atoms with Gasteiger partial charge in [0.25, 0.3) is 0 Å².